The first-order chi connectivity index (χ1) is 18.6. The first kappa shape index (κ1) is 31.8. The number of rotatable bonds is 16. The summed E-state index contributed by atoms with van der Waals surface area (Å²) in [5.74, 6) is -3.34. The molecule has 1 fully saturated rings. The van der Waals surface area contributed by atoms with Crippen LogP contribution in [0.3, 0.4) is 0 Å². The molecular formula is C24H38N4O11. The van der Waals surface area contributed by atoms with Crippen LogP contribution in [-0.2, 0) is 28.7 Å². The van der Waals surface area contributed by atoms with Crippen molar-refractivity contribution in [1.82, 2.24) is 20.7 Å². The van der Waals surface area contributed by atoms with Gasteiger partial charge in [0.25, 0.3) is 0 Å². The van der Waals surface area contributed by atoms with Crippen molar-refractivity contribution in [3.8, 4) is 11.8 Å². The normalized spacial score (nSPS) is 19.6. The Bertz CT molecular complexity index is 935. The van der Waals surface area contributed by atoms with Crippen LogP contribution < -0.4 is 20.8 Å². The van der Waals surface area contributed by atoms with Crippen LogP contribution in [0.25, 0.3) is 0 Å². The Morgan fingerprint density at radius 1 is 1.05 bits per heavy atom. The molecule has 0 aromatic carbocycles. The molecule has 0 saturated carbocycles. The predicted octanol–water partition coefficient (Wildman–Crippen LogP) is -1.58. The minimum atomic E-state index is -1.20. The summed E-state index contributed by atoms with van der Waals surface area (Å²) in [6, 6.07) is 1.09. The van der Waals surface area contributed by atoms with Gasteiger partial charge in [-0.15, -0.1) is 4.73 Å². The molecule has 1 aromatic rings. The van der Waals surface area contributed by atoms with Gasteiger partial charge >= 0.3 is 5.97 Å². The lowest BCUT2D eigenvalue weighted by atomic mass is 10.1. The zero-order valence-electron chi connectivity index (χ0n) is 21.8. The van der Waals surface area contributed by atoms with E-state index in [0.717, 1.165) is 18.6 Å². The van der Waals surface area contributed by atoms with Gasteiger partial charge in [-0.3, -0.25) is 14.4 Å². The Hall–Kier alpha value is -3.40. The SMILES string of the molecule is CC1CCC(O)C(OCCNC(=O)CC(NC(=O)CCCCC(=O)On2c(O)ccc2O)C(=O)NCCO)O1. The van der Waals surface area contributed by atoms with E-state index in [9.17, 15) is 34.5 Å². The molecular weight excluding hydrogens is 520 g/mol. The highest BCUT2D eigenvalue weighted by molar-refractivity contribution is 5.92. The van der Waals surface area contributed by atoms with E-state index in [4.69, 9.17) is 19.4 Å². The topological polar surface area (TPSA) is 218 Å². The number of nitrogens with one attached hydrogen (secondary N) is 3. The second kappa shape index (κ2) is 16.5. The van der Waals surface area contributed by atoms with Crippen molar-refractivity contribution in [2.75, 3.05) is 26.3 Å². The Balaban J connectivity index is 1.72. The highest BCUT2D eigenvalue weighted by atomic mass is 16.7. The first-order valence-electron chi connectivity index (χ1n) is 12.8. The molecule has 1 aliphatic rings. The van der Waals surface area contributed by atoms with Gasteiger partial charge in [0.05, 0.1) is 25.7 Å². The molecule has 2 rings (SSSR count). The maximum atomic E-state index is 12.4. The standard InChI is InChI=1S/C24H38N4O11/c1-15-6-7-17(30)24(38-15)37-13-11-25-19(32)14-16(23(36)26-10-12-29)27-18(31)4-2-3-5-22(35)39-28-20(33)8-9-21(28)34/h8-9,15-17,24,29-30,33-34H,2-7,10-14H2,1H3,(H,25,32)(H,26,36)(H,27,31). The molecule has 1 aromatic heterocycles. The van der Waals surface area contributed by atoms with Crippen molar-refractivity contribution < 1.29 is 53.9 Å². The molecule has 15 nitrogen and oxygen atoms in total. The van der Waals surface area contributed by atoms with E-state index < -0.39 is 53.9 Å². The molecule has 4 atom stereocenters. The second-order valence-electron chi connectivity index (χ2n) is 9.03. The van der Waals surface area contributed by atoms with E-state index >= 15 is 0 Å². The van der Waals surface area contributed by atoms with Crippen molar-refractivity contribution in [1.29, 1.82) is 0 Å². The van der Waals surface area contributed by atoms with Crippen LogP contribution in [0, 0.1) is 0 Å². The molecule has 220 valence electrons. The van der Waals surface area contributed by atoms with E-state index in [1.807, 2.05) is 6.92 Å². The average Bonchev–Trinajstić information content (AvgIpc) is 3.21. The van der Waals surface area contributed by atoms with Gasteiger partial charge in [0, 0.05) is 38.1 Å². The van der Waals surface area contributed by atoms with Crippen LogP contribution in [0.2, 0.25) is 0 Å². The lowest BCUT2D eigenvalue weighted by Gasteiger charge is -2.31. The lowest BCUT2D eigenvalue weighted by molar-refractivity contribution is -0.235. The number of hydrogen-bond donors (Lipinski definition) is 7. The smallest absolute Gasteiger partial charge is 0.333 e. The van der Waals surface area contributed by atoms with E-state index in [-0.39, 0.29) is 64.5 Å². The van der Waals surface area contributed by atoms with Crippen molar-refractivity contribution in [2.24, 2.45) is 0 Å². The summed E-state index contributed by atoms with van der Waals surface area (Å²) in [6.45, 7) is 1.65. The monoisotopic (exact) mass is 558 g/mol. The van der Waals surface area contributed by atoms with Gasteiger partial charge in [-0.1, -0.05) is 0 Å². The molecule has 2 heterocycles. The van der Waals surface area contributed by atoms with Crippen LogP contribution in [0.1, 0.15) is 51.9 Å². The third-order valence-corrected chi connectivity index (χ3v) is 5.73. The largest absolute Gasteiger partial charge is 0.492 e. The van der Waals surface area contributed by atoms with Crippen LogP contribution in [0.15, 0.2) is 12.1 Å². The molecule has 7 N–H and O–H groups in total. The highest BCUT2D eigenvalue weighted by Gasteiger charge is 2.28. The summed E-state index contributed by atoms with van der Waals surface area (Å²) < 4.78 is 11.6. The quantitative estimate of drug-likeness (QED) is 0.115. The Morgan fingerprint density at radius 3 is 2.44 bits per heavy atom. The van der Waals surface area contributed by atoms with Crippen molar-refractivity contribution in [3.05, 3.63) is 12.1 Å². The van der Waals surface area contributed by atoms with Crippen LogP contribution >= 0.6 is 0 Å². The zero-order valence-corrected chi connectivity index (χ0v) is 21.8. The molecule has 0 spiro atoms. The van der Waals surface area contributed by atoms with E-state index in [0.29, 0.717) is 11.2 Å². The lowest BCUT2D eigenvalue weighted by Crippen LogP contribution is -2.49. The number of aromatic hydroxyl groups is 2. The van der Waals surface area contributed by atoms with Gasteiger partial charge < -0.3 is 50.7 Å². The van der Waals surface area contributed by atoms with E-state index in [1.165, 1.54) is 0 Å². The first-order valence-corrected chi connectivity index (χ1v) is 12.8. The maximum absolute atomic E-state index is 12.4. The summed E-state index contributed by atoms with van der Waals surface area (Å²) in [6.07, 6.45) is -0.309. The molecule has 0 aliphatic carbocycles. The van der Waals surface area contributed by atoms with Crippen molar-refractivity contribution in [2.45, 2.75) is 76.4 Å². The zero-order chi connectivity index (χ0) is 28.8. The van der Waals surface area contributed by atoms with E-state index in [2.05, 4.69) is 16.0 Å². The number of carbonyl (C=O) groups excluding carboxylic acids is 4. The van der Waals surface area contributed by atoms with Crippen molar-refractivity contribution >= 4 is 23.7 Å². The number of aliphatic hydroxyl groups excluding tert-OH is 2. The number of aliphatic hydroxyl groups is 2. The predicted molar refractivity (Wildman–Crippen MR) is 133 cm³/mol. The molecule has 1 aliphatic heterocycles. The summed E-state index contributed by atoms with van der Waals surface area (Å²) in [7, 11) is 0. The summed E-state index contributed by atoms with van der Waals surface area (Å²) in [4.78, 5) is 53.9. The number of ether oxygens (including phenoxy) is 2. The third-order valence-electron chi connectivity index (χ3n) is 5.73. The summed E-state index contributed by atoms with van der Waals surface area (Å²) in [5.41, 5.74) is 0. The van der Waals surface area contributed by atoms with Crippen LogP contribution in [-0.4, -0.2) is 99.7 Å². The Kier molecular flexibility index (Phi) is 13.5. The minimum absolute atomic E-state index is 0.0441. The second-order valence-corrected chi connectivity index (χ2v) is 9.03. The fourth-order valence-corrected chi connectivity index (χ4v) is 3.68. The van der Waals surface area contributed by atoms with Gasteiger partial charge in [-0.2, -0.15) is 0 Å². The van der Waals surface area contributed by atoms with Gasteiger partial charge in [-0.05, 0) is 32.6 Å². The molecule has 1 saturated heterocycles. The van der Waals surface area contributed by atoms with E-state index in [1.54, 1.807) is 0 Å². The maximum Gasteiger partial charge on any atom is 0.333 e. The Labute approximate surface area is 225 Å². The number of unbranched alkanes of at least 4 members (excludes halogenated alkanes) is 1. The third kappa shape index (κ3) is 11.5. The van der Waals surface area contributed by atoms with Crippen LogP contribution in [0.5, 0.6) is 11.8 Å². The molecule has 39 heavy (non-hydrogen) atoms. The number of hydrogen-bond acceptors (Lipinski definition) is 11. The van der Waals surface area contributed by atoms with Crippen LogP contribution in [0.4, 0.5) is 0 Å². The fraction of sp³-hybridized carbons (Fsp3) is 0.667. The summed E-state index contributed by atoms with van der Waals surface area (Å²) in [5, 5.41) is 45.3. The molecule has 3 amide bonds. The fourth-order valence-electron chi connectivity index (χ4n) is 3.68. The number of carbonyl (C=O) groups is 4. The number of amides is 3. The average molecular weight is 559 g/mol. The van der Waals surface area contributed by atoms with Gasteiger partial charge in [0.15, 0.2) is 6.29 Å². The molecule has 15 heteroatoms. The number of aromatic nitrogens is 1. The summed E-state index contributed by atoms with van der Waals surface area (Å²) >= 11 is 0. The van der Waals surface area contributed by atoms with Gasteiger partial charge in [0.1, 0.15) is 12.1 Å². The molecule has 4 unspecified atom stereocenters. The van der Waals surface area contributed by atoms with Gasteiger partial charge in [-0.25, -0.2) is 4.79 Å². The van der Waals surface area contributed by atoms with Gasteiger partial charge in [0.2, 0.25) is 29.5 Å². The Morgan fingerprint density at radius 2 is 1.74 bits per heavy atom. The minimum Gasteiger partial charge on any atom is -0.492 e. The highest BCUT2D eigenvalue weighted by Crippen LogP contribution is 2.20. The number of nitrogens with zero attached hydrogens (tertiary/aromatic N) is 1. The molecule has 0 radical (unpaired) electrons. The molecule has 0 bridgehead atoms. The van der Waals surface area contributed by atoms with Crippen molar-refractivity contribution in [3.63, 3.8) is 0 Å².